The van der Waals surface area contributed by atoms with E-state index in [2.05, 4.69) is 4.90 Å². The van der Waals surface area contributed by atoms with Crippen molar-refractivity contribution in [3.05, 3.63) is 48.0 Å². The molecular weight excluding hydrogens is 420 g/mol. The summed E-state index contributed by atoms with van der Waals surface area (Å²) in [4.78, 5) is 13.6. The van der Waals surface area contributed by atoms with Crippen molar-refractivity contribution in [1.29, 1.82) is 0 Å². The summed E-state index contributed by atoms with van der Waals surface area (Å²) in [5, 5.41) is 9.24. The summed E-state index contributed by atoms with van der Waals surface area (Å²) in [7, 11) is -2.05. The molecule has 0 bridgehead atoms. The normalized spacial score (nSPS) is 15.5. The molecule has 1 N–H and O–H groups in total. The number of hydrogen-bond acceptors (Lipinski definition) is 6. The Bertz CT molecular complexity index is 1060. The Hall–Kier alpha value is -2.78. The molecule has 0 aliphatic carbocycles. The van der Waals surface area contributed by atoms with E-state index in [1.54, 1.807) is 14.0 Å². The van der Waals surface area contributed by atoms with Gasteiger partial charge in [-0.15, -0.1) is 0 Å². The van der Waals surface area contributed by atoms with E-state index >= 15 is 0 Å². The highest BCUT2D eigenvalue weighted by molar-refractivity contribution is 7.89. The lowest BCUT2D eigenvalue weighted by Crippen LogP contribution is -2.48. The first-order valence-corrected chi connectivity index (χ1v) is 11.4. The Kier molecular flexibility index (Phi) is 6.47. The van der Waals surface area contributed by atoms with Gasteiger partial charge in [0.2, 0.25) is 10.0 Å². The van der Waals surface area contributed by atoms with Gasteiger partial charge >= 0.3 is 5.97 Å². The van der Waals surface area contributed by atoms with Crippen LogP contribution >= 0.6 is 0 Å². The number of carboxylic acid groups (broad SMARTS) is 1. The van der Waals surface area contributed by atoms with Crippen LogP contribution in [0.2, 0.25) is 0 Å². The molecule has 0 atom stereocenters. The SMILES string of the molecule is COc1cccc(N2CCN(S(=O)(=O)c3ccc(OC(C)(C)C(=O)O)c(C)c3)CC2)c1. The van der Waals surface area contributed by atoms with E-state index < -0.39 is 21.6 Å². The van der Waals surface area contributed by atoms with Crippen molar-refractivity contribution in [2.45, 2.75) is 31.3 Å². The third-order valence-electron chi connectivity index (χ3n) is 5.32. The fourth-order valence-electron chi connectivity index (χ4n) is 3.36. The number of carboxylic acids is 1. The van der Waals surface area contributed by atoms with Crippen molar-refractivity contribution >= 4 is 21.7 Å². The number of benzene rings is 2. The lowest BCUT2D eigenvalue weighted by molar-refractivity contribution is -0.152. The van der Waals surface area contributed by atoms with Gasteiger partial charge < -0.3 is 19.5 Å². The zero-order valence-corrected chi connectivity index (χ0v) is 19.0. The van der Waals surface area contributed by atoms with Gasteiger partial charge in [-0.3, -0.25) is 0 Å². The number of aryl methyl sites for hydroxylation is 1. The number of aliphatic carboxylic acids is 1. The highest BCUT2D eigenvalue weighted by Crippen LogP contribution is 2.28. The van der Waals surface area contributed by atoms with Gasteiger partial charge in [0.1, 0.15) is 11.5 Å². The maximum atomic E-state index is 13.1. The van der Waals surface area contributed by atoms with E-state index in [-0.39, 0.29) is 4.90 Å². The summed E-state index contributed by atoms with van der Waals surface area (Å²) in [5.41, 5.74) is 0.141. The predicted octanol–water partition coefficient (Wildman–Crippen LogP) is 2.76. The van der Waals surface area contributed by atoms with E-state index in [1.807, 2.05) is 24.3 Å². The first-order valence-electron chi connectivity index (χ1n) is 9.97. The van der Waals surface area contributed by atoms with Crippen LogP contribution in [-0.2, 0) is 14.8 Å². The Morgan fingerprint density at radius 2 is 1.74 bits per heavy atom. The summed E-state index contributed by atoms with van der Waals surface area (Å²) >= 11 is 0. The fourth-order valence-corrected chi connectivity index (χ4v) is 4.87. The standard InChI is InChI=1S/C22H28N2O6S/c1-16-14-19(8-9-20(16)30-22(2,3)21(25)26)31(27,28)24-12-10-23(11-13-24)17-6-5-7-18(15-17)29-4/h5-9,14-15H,10-13H2,1-4H3,(H,25,26). The molecule has 1 aliphatic rings. The van der Waals surface area contributed by atoms with Crippen LogP contribution in [0.5, 0.6) is 11.5 Å². The Morgan fingerprint density at radius 1 is 1.06 bits per heavy atom. The van der Waals surface area contributed by atoms with Gasteiger partial charge in [0.15, 0.2) is 5.60 Å². The van der Waals surface area contributed by atoms with Gasteiger partial charge in [0.25, 0.3) is 0 Å². The van der Waals surface area contributed by atoms with Gasteiger partial charge in [-0.25, -0.2) is 13.2 Å². The summed E-state index contributed by atoms with van der Waals surface area (Å²) < 4.78 is 38.6. The second kappa shape index (κ2) is 8.76. The van der Waals surface area contributed by atoms with Gasteiger partial charge in [0.05, 0.1) is 12.0 Å². The van der Waals surface area contributed by atoms with Gasteiger partial charge in [-0.2, -0.15) is 4.31 Å². The highest BCUT2D eigenvalue weighted by atomic mass is 32.2. The lowest BCUT2D eigenvalue weighted by atomic mass is 10.1. The third kappa shape index (κ3) is 4.94. The third-order valence-corrected chi connectivity index (χ3v) is 7.22. The molecule has 1 saturated heterocycles. The first kappa shape index (κ1) is 22.9. The number of ether oxygens (including phenoxy) is 2. The fraction of sp³-hybridized carbons (Fsp3) is 0.409. The maximum absolute atomic E-state index is 13.1. The second-order valence-corrected chi connectivity index (χ2v) is 9.88. The van der Waals surface area contributed by atoms with Crippen molar-refractivity contribution in [1.82, 2.24) is 4.31 Å². The molecule has 1 heterocycles. The monoisotopic (exact) mass is 448 g/mol. The molecule has 9 heteroatoms. The molecule has 1 aliphatic heterocycles. The molecule has 2 aromatic carbocycles. The molecule has 3 rings (SSSR count). The average Bonchev–Trinajstić information content (AvgIpc) is 2.75. The molecule has 2 aromatic rings. The topological polar surface area (TPSA) is 96.4 Å². The van der Waals surface area contributed by atoms with Crippen LogP contribution in [0.1, 0.15) is 19.4 Å². The quantitative estimate of drug-likeness (QED) is 0.696. The molecule has 0 unspecified atom stereocenters. The Labute approximate surface area is 183 Å². The number of anilines is 1. The minimum Gasteiger partial charge on any atom is -0.497 e. The molecule has 0 radical (unpaired) electrons. The summed E-state index contributed by atoms with van der Waals surface area (Å²) in [6, 6.07) is 12.2. The van der Waals surface area contributed by atoms with Crippen LogP contribution in [0, 0.1) is 6.92 Å². The van der Waals surface area contributed by atoms with E-state index in [0.717, 1.165) is 11.4 Å². The maximum Gasteiger partial charge on any atom is 0.347 e. The van der Waals surface area contributed by atoms with Crippen LogP contribution in [0.25, 0.3) is 0 Å². The van der Waals surface area contributed by atoms with E-state index in [4.69, 9.17) is 9.47 Å². The van der Waals surface area contributed by atoms with Crippen molar-refractivity contribution in [2.75, 3.05) is 38.2 Å². The number of sulfonamides is 1. The number of nitrogens with zero attached hydrogens (tertiary/aromatic N) is 2. The zero-order chi connectivity index (χ0) is 22.8. The van der Waals surface area contributed by atoms with Gasteiger partial charge in [-0.05, 0) is 56.7 Å². The summed E-state index contributed by atoms with van der Waals surface area (Å²) in [5.74, 6) is 0.00288. The number of carbonyl (C=O) groups is 1. The predicted molar refractivity (Wildman–Crippen MR) is 117 cm³/mol. The van der Waals surface area contributed by atoms with Crippen molar-refractivity contribution < 1.29 is 27.8 Å². The summed E-state index contributed by atoms with van der Waals surface area (Å²) in [6.07, 6.45) is 0. The van der Waals surface area contributed by atoms with Crippen LogP contribution in [-0.4, -0.2) is 62.7 Å². The van der Waals surface area contributed by atoms with Crippen molar-refractivity contribution in [2.24, 2.45) is 0 Å². The molecule has 0 spiro atoms. The lowest BCUT2D eigenvalue weighted by Gasteiger charge is -2.35. The largest absolute Gasteiger partial charge is 0.497 e. The van der Waals surface area contributed by atoms with Crippen LogP contribution < -0.4 is 14.4 Å². The van der Waals surface area contributed by atoms with Crippen molar-refractivity contribution in [3.63, 3.8) is 0 Å². The minimum absolute atomic E-state index is 0.167. The second-order valence-electron chi connectivity index (χ2n) is 7.94. The van der Waals surface area contributed by atoms with Gasteiger partial charge in [0, 0.05) is 37.9 Å². The molecular formula is C22H28N2O6S. The van der Waals surface area contributed by atoms with Crippen LogP contribution in [0.4, 0.5) is 5.69 Å². The summed E-state index contributed by atoms with van der Waals surface area (Å²) in [6.45, 7) is 6.46. The molecule has 0 saturated carbocycles. The molecule has 0 amide bonds. The van der Waals surface area contributed by atoms with Crippen LogP contribution in [0.15, 0.2) is 47.4 Å². The molecule has 168 valence electrons. The molecule has 1 fully saturated rings. The Morgan fingerprint density at radius 3 is 2.32 bits per heavy atom. The minimum atomic E-state index is -3.67. The molecule has 0 aromatic heterocycles. The van der Waals surface area contributed by atoms with Crippen LogP contribution in [0.3, 0.4) is 0 Å². The number of methoxy groups -OCH3 is 1. The molecule has 8 nitrogen and oxygen atoms in total. The average molecular weight is 449 g/mol. The van der Waals surface area contributed by atoms with E-state index in [1.165, 1.54) is 36.4 Å². The first-order chi connectivity index (χ1) is 14.5. The number of rotatable bonds is 7. The smallest absolute Gasteiger partial charge is 0.347 e. The van der Waals surface area contributed by atoms with Crippen molar-refractivity contribution in [3.8, 4) is 11.5 Å². The zero-order valence-electron chi connectivity index (χ0n) is 18.2. The Balaban J connectivity index is 1.72. The van der Waals surface area contributed by atoms with E-state index in [0.29, 0.717) is 37.5 Å². The number of piperazine rings is 1. The van der Waals surface area contributed by atoms with E-state index in [9.17, 15) is 18.3 Å². The molecule has 31 heavy (non-hydrogen) atoms. The highest BCUT2D eigenvalue weighted by Gasteiger charge is 2.32. The number of hydrogen-bond donors (Lipinski definition) is 1. The van der Waals surface area contributed by atoms with Gasteiger partial charge in [-0.1, -0.05) is 6.07 Å².